The summed E-state index contributed by atoms with van der Waals surface area (Å²) < 4.78 is 13.4. The van der Waals surface area contributed by atoms with Crippen molar-refractivity contribution in [2.45, 2.75) is 38.3 Å². The lowest BCUT2D eigenvalue weighted by molar-refractivity contribution is 0.0901. The van der Waals surface area contributed by atoms with E-state index in [2.05, 4.69) is 39.1 Å². The van der Waals surface area contributed by atoms with Crippen molar-refractivity contribution in [3.05, 3.63) is 36.2 Å². The van der Waals surface area contributed by atoms with Crippen LogP contribution < -0.4 is 0 Å². The van der Waals surface area contributed by atoms with Gasteiger partial charge in [-0.05, 0) is 26.3 Å². The van der Waals surface area contributed by atoms with Gasteiger partial charge in [-0.1, -0.05) is 5.16 Å². The van der Waals surface area contributed by atoms with Crippen molar-refractivity contribution in [3.8, 4) is 11.6 Å². The van der Waals surface area contributed by atoms with E-state index in [1.807, 2.05) is 10.7 Å². The first-order chi connectivity index (χ1) is 11.2. The van der Waals surface area contributed by atoms with Crippen molar-refractivity contribution in [2.75, 3.05) is 6.61 Å². The lowest BCUT2D eigenvalue weighted by Gasteiger charge is -2.19. The van der Waals surface area contributed by atoms with Crippen molar-refractivity contribution in [3.63, 3.8) is 0 Å². The van der Waals surface area contributed by atoms with Gasteiger partial charge in [-0.15, -0.1) is 0 Å². The molecule has 0 aromatic carbocycles. The van der Waals surface area contributed by atoms with E-state index < -0.39 is 0 Å². The van der Waals surface area contributed by atoms with Gasteiger partial charge in [0.05, 0.1) is 11.6 Å². The van der Waals surface area contributed by atoms with E-state index in [0.29, 0.717) is 24.1 Å². The van der Waals surface area contributed by atoms with E-state index in [1.165, 1.54) is 0 Å². The first-order valence-corrected chi connectivity index (χ1v) is 7.72. The summed E-state index contributed by atoms with van der Waals surface area (Å²) in [4.78, 5) is 11.6. The second kappa shape index (κ2) is 5.62. The second-order valence-electron chi connectivity index (χ2n) is 5.87. The maximum atomic E-state index is 5.94. The van der Waals surface area contributed by atoms with E-state index >= 15 is 0 Å². The highest BCUT2D eigenvalue weighted by Crippen LogP contribution is 2.41. The first-order valence-electron chi connectivity index (χ1n) is 7.72. The highest BCUT2D eigenvalue weighted by Gasteiger charge is 2.37. The van der Waals surface area contributed by atoms with Crippen LogP contribution in [0.4, 0.5) is 0 Å². The predicted molar refractivity (Wildman–Crippen MR) is 80.5 cm³/mol. The minimum Gasteiger partial charge on any atom is -0.371 e. The average molecular weight is 314 g/mol. The second-order valence-corrected chi connectivity index (χ2v) is 5.87. The van der Waals surface area contributed by atoms with Crippen LogP contribution in [0.3, 0.4) is 0 Å². The smallest absolute Gasteiger partial charge is 0.238 e. The number of aromatic nitrogens is 6. The highest BCUT2D eigenvalue weighted by atomic mass is 16.5. The molecule has 3 aromatic rings. The fourth-order valence-corrected chi connectivity index (χ4v) is 2.98. The number of nitrogens with one attached hydrogen (secondary N) is 1. The van der Waals surface area contributed by atoms with Gasteiger partial charge in [-0.3, -0.25) is 4.68 Å². The zero-order chi connectivity index (χ0) is 15.8. The standard InChI is InChI=1S/C15H18N6O2/c1-9(2)21-11(3-5-18-21)12-10(4-8-22-12)15-19-14(20-23-15)13-16-6-7-17-13/h3,5-7,9-10,12H,4,8H2,1-2H3,(H,16,17)/t10-,12-/m0/s1. The lowest BCUT2D eigenvalue weighted by Crippen LogP contribution is -2.15. The number of hydrogen-bond acceptors (Lipinski definition) is 6. The predicted octanol–water partition coefficient (Wildman–Crippen LogP) is 2.48. The third-order valence-corrected chi connectivity index (χ3v) is 4.04. The van der Waals surface area contributed by atoms with Gasteiger partial charge in [0.15, 0.2) is 5.82 Å². The molecule has 0 unspecified atom stereocenters. The highest BCUT2D eigenvalue weighted by molar-refractivity contribution is 5.41. The summed E-state index contributed by atoms with van der Waals surface area (Å²) >= 11 is 0. The van der Waals surface area contributed by atoms with Crippen LogP contribution in [0, 0.1) is 0 Å². The summed E-state index contributed by atoms with van der Waals surface area (Å²) in [6.45, 7) is 4.86. The van der Waals surface area contributed by atoms with Gasteiger partial charge in [-0.25, -0.2) is 4.98 Å². The summed E-state index contributed by atoms with van der Waals surface area (Å²) in [5, 5.41) is 8.41. The fourth-order valence-electron chi connectivity index (χ4n) is 2.98. The molecule has 0 spiro atoms. The van der Waals surface area contributed by atoms with Gasteiger partial charge >= 0.3 is 0 Å². The van der Waals surface area contributed by atoms with Crippen molar-refractivity contribution >= 4 is 0 Å². The van der Waals surface area contributed by atoms with Crippen LogP contribution in [0.15, 0.2) is 29.2 Å². The molecule has 0 amide bonds. The van der Waals surface area contributed by atoms with Gasteiger partial charge in [-0.2, -0.15) is 10.1 Å². The van der Waals surface area contributed by atoms with Crippen LogP contribution >= 0.6 is 0 Å². The number of aromatic amines is 1. The number of ether oxygens (including phenoxy) is 1. The van der Waals surface area contributed by atoms with Gasteiger partial charge in [0.2, 0.25) is 11.7 Å². The molecule has 4 heterocycles. The first kappa shape index (κ1) is 14.1. The molecule has 120 valence electrons. The van der Waals surface area contributed by atoms with E-state index in [0.717, 1.165) is 12.1 Å². The molecular weight excluding hydrogens is 296 g/mol. The normalized spacial score (nSPS) is 21.3. The molecule has 8 nitrogen and oxygen atoms in total. The number of H-pyrrole nitrogens is 1. The van der Waals surface area contributed by atoms with E-state index in [1.54, 1.807) is 18.6 Å². The van der Waals surface area contributed by atoms with Crippen molar-refractivity contribution in [1.82, 2.24) is 29.9 Å². The Kier molecular flexibility index (Phi) is 3.45. The van der Waals surface area contributed by atoms with E-state index in [9.17, 15) is 0 Å². The molecule has 0 bridgehead atoms. The molecule has 0 saturated carbocycles. The Morgan fingerprint density at radius 2 is 2.26 bits per heavy atom. The molecule has 1 aliphatic heterocycles. The molecule has 0 aliphatic carbocycles. The molecule has 4 rings (SSSR count). The summed E-state index contributed by atoms with van der Waals surface area (Å²) in [6, 6.07) is 2.26. The Morgan fingerprint density at radius 1 is 1.35 bits per heavy atom. The van der Waals surface area contributed by atoms with Crippen LogP contribution in [0.25, 0.3) is 11.6 Å². The molecular formula is C15H18N6O2. The van der Waals surface area contributed by atoms with Crippen LogP contribution in [0.1, 0.15) is 49.9 Å². The Balaban J connectivity index is 1.64. The van der Waals surface area contributed by atoms with Gasteiger partial charge in [0.1, 0.15) is 6.10 Å². The fraction of sp³-hybridized carbons (Fsp3) is 0.467. The zero-order valence-corrected chi connectivity index (χ0v) is 13.0. The maximum absolute atomic E-state index is 5.94. The Bertz CT molecular complexity index is 776. The number of nitrogens with zero attached hydrogens (tertiary/aromatic N) is 5. The van der Waals surface area contributed by atoms with Crippen LogP contribution in [0.5, 0.6) is 0 Å². The van der Waals surface area contributed by atoms with Gasteiger partial charge in [0.25, 0.3) is 0 Å². The van der Waals surface area contributed by atoms with Crippen molar-refractivity contribution in [2.24, 2.45) is 0 Å². The maximum Gasteiger partial charge on any atom is 0.238 e. The molecule has 8 heteroatoms. The molecule has 1 aliphatic rings. The Morgan fingerprint density at radius 3 is 3.04 bits per heavy atom. The van der Waals surface area contributed by atoms with E-state index in [4.69, 9.17) is 9.26 Å². The third kappa shape index (κ3) is 2.44. The summed E-state index contributed by atoms with van der Waals surface area (Å²) in [6.07, 6.45) is 5.91. The van der Waals surface area contributed by atoms with Crippen molar-refractivity contribution < 1.29 is 9.26 Å². The van der Waals surface area contributed by atoms with Gasteiger partial charge < -0.3 is 14.2 Å². The zero-order valence-electron chi connectivity index (χ0n) is 13.0. The number of rotatable bonds is 4. The van der Waals surface area contributed by atoms with Gasteiger partial charge in [0, 0.05) is 31.2 Å². The molecule has 3 aromatic heterocycles. The monoisotopic (exact) mass is 314 g/mol. The third-order valence-electron chi connectivity index (χ3n) is 4.04. The van der Waals surface area contributed by atoms with Crippen LogP contribution in [-0.4, -0.2) is 36.5 Å². The number of hydrogen-bond donors (Lipinski definition) is 1. The SMILES string of the molecule is CC(C)n1nccc1[C@H]1OCC[C@@H]1c1nc(-c2ncc[nH]2)no1. The quantitative estimate of drug-likeness (QED) is 0.795. The van der Waals surface area contributed by atoms with Crippen molar-refractivity contribution in [1.29, 1.82) is 0 Å². The number of imidazole rings is 1. The van der Waals surface area contributed by atoms with Crippen LogP contribution in [0.2, 0.25) is 0 Å². The molecule has 1 fully saturated rings. The average Bonchev–Trinajstić information content (AvgIpc) is 3.31. The Labute approximate surface area is 132 Å². The minimum absolute atomic E-state index is 0.0282. The Hall–Kier alpha value is -2.48. The molecule has 23 heavy (non-hydrogen) atoms. The molecule has 0 radical (unpaired) electrons. The lowest BCUT2D eigenvalue weighted by atomic mass is 9.98. The summed E-state index contributed by atoms with van der Waals surface area (Å²) in [5.74, 6) is 1.67. The van der Waals surface area contributed by atoms with E-state index in [-0.39, 0.29) is 18.1 Å². The molecule has 2 atom stereocenters. The summed E-state index contributed by atoms with van der Waals surface area (Å²) in [5.41, 5.74) is 1.04. The van der Waals surface area contributed by atoms with Crippen LogP contribution in [-0.2, 0) is 4.74 Å². The minimum atomic E-state index is -0.121. The molecule has 1 saturated heterocycles. The molecule has 1 N–H and O–H groups in total. The topological polar surface area (TPSA) is 94.7 Å². The largest absolute Gasteiger partial charge is 0.371 e. The summed E-state index contributed by atoms with van der Waals surface area (Å²) in [7, 11) is 0.